The van der Waals surface area contributed by atoms with E-state index in [1.807, 2.05) is 0 Å². The van der Waals surface area contributed by atoms with Gasteiger partial charge in [0.15, 0.2) is 0 Å². The van der Waals surface area contributed by atoms with E-state index in [1.54, 1.807) is 6.07 Å². The minimum atomic E-state index is -0.243. The number of H-pyrrole nitrogens is 1. The Morgan fingerprint density at radius 2 is 2.41 bits per heavy atom. The number of imidazole rings is 1. The predicted molar refractivity (Wildman–Crippen MR) is 65.5 cm³/mol. The Labute approximate surface area is 98.6 Å². The van der Waals surface area contributed by atoms with Crippen LogP contribution in [0.4, 0.5) is 10.3 Å². The zero-order valence-electron chi connectivity index (χ0n) is 9.46. The highest BCUT2D eigenvalue weighted by Gasteiger charge is 2.14. The van der Waals surface area contributed by atoms with Crippen LogP contribution >= 0.6 is 0 Å². The van der Waals surface area contributed by atoms with E-state index < -0.39 is 0 Å². The monoisotopic (exact) mass is 234 g/mol. The Kier molecular flexibility index (Phi) is 2.68. The molecule has 1 aromatic heterocycles. The highest BCUT2D eigenvalue weighted by molar-refractivity contribution is 5.77. The standard InChI is InChI=1S/C12H15FN4/c13-9-1-2-10-11(5-9)17-12(16-10)15-7-8-3-4-14-6-8/h1-2,5,8,14H,3-4,6-7H2,(H2,15,16,17). The van der Waals surface area contributed by atoms with Crippen LogP contribution in [0.1, 0.15) is 6.42 Å². The molecule has 0 amide bonds. The van der Waals surface area contributed by atoms with Crippen LogP contribution in [0, 0.1) is 11.7 Å². The zero-order chi connectivity index (χ0) is 11.7. The van der Waals surface area contributed by atoms with Crippen molar-refractivity contribution in [2.75, 3.05) is 25.0 Å². The molecular weight excluding hydrogens is 219 g/mol. The van der Waals surface area contributed by atoms with Crippen molar-refractivity contribution in [1.29, 1.82) is 0 Å². The van der Waals surface area contributed by atoms with Crippen molar-refractivity contribution >= 4 is 17.0 Å². The smallest absolute Gasteiger partial charge is 0.201 e. The number of halogens is 1. The van der Waals surface area contributed by atoms with Gasteiger partial charge in [0.05, 0.1) is 11.0 Å². The molecule has 0 saturated carbocycles. The number of anilines is 1. The van der Waals surface area contributed by atoms with Crippen LogP contribution < -0.4 is 10.6 Å². The van der Waals surface area contributed by atoms with Crippen LogP contribution in [0.15, 0.2) is 18.2 Å². The molecule has 0 aliphatic carbocycles. The molecular formula is C12H15FN4. The third-order valence-corrected chi connectivity index (χ3v) is 3.16. The van der Waals surface area contributed by atoms with E-state index in [2.05, 4.69) is 20.6 Å². The number of hydrogen-bond acceptors (Lipinski definition) is 3. The number of aromatic amines is 1. The minimum Gasteiger partial charge on any atom is -0.355 e. The molecule has 1 aromatic carbocycles. The lowest BCUT2D eigenvalue weighted by Crippen LogP contribution is -2.17. The second-order valence-electron chi connectivity index (χ2n) is 4.49. The van der Waals surface area contributed by atoms with E-state index in [1.165, 1.54) is 18.6 Å². The van der Waals surface area contributed by atoms with Crippen LogP contribution in [0.2, 0.25) is 0 Å². The summed E-state index contributed by atoms with van der Waals surface area (Å²) in [5, 5.41) is 6.59. The van der Waals surface area contributed by atoms with Crippen LogP contribution in [-0.4, -0.2) is 29.6 Å². The maximum Gasteiger partial charge on any atom is 0.201 e. The molecule has 90 valence electrons. The summed E-state index contributed by atoms with van der Waals surface area (Å²) in [5.74, 6) is 1.13. The van der Waals surface area contributed by atoms with Crippen LogP contribution in [0.25, 0.3) is 11.0 Å². The van der Waals surface area contributed by atoms with Crippen molar-refractivity contribution in [1.82, 2.24) is 15.3 Å². The summed E-state index contributed by atoms with van der Waals surface area (Å²) >= 11 is 0. The summed E-state index contributed by atoms with van der Waals surface area (Å²) in [7, 11) is 0. The average Bonchev–Trinajstić information content (AvgIpc) is 2.94. The number of fused-ring (bicyclic) bond motifs is 1. The van der Waals surface area contributed by atoms with Gasteiger partial charge in [-0.2, -0.15) is 0 Å². The van der Waals surface area contributed by atoms with Gasteiger partial charge in [-0.15, -0.1) is 0 Å². The van der Waals surface area contributed by atoms with Crippen molar-refractivity contribution in [2.45, 2.75) is 6.42 Å². The first-order valence-electron chi connectivity index (χ1n) is 5.91. The van der Waals surface area contributed by atoms with Gasteiger partial charge in [-0.3, -0.25) is 0 Å². The van der Waals surface area contributed by atoms with Gasteiger partial charge in [-0.05, 0) is 43.6 Å². The lowest BCUT2D eigenvalue weighted by atomic mass is 10.1. The molecule has 0 spiro atoms. The van der Waals surface area contributed by atoms with Crippen molar-refractivity contribution in [2.24, 2.45) is 5.92 Å². The highest BCUT2D eigenvalue weighted by atomic mass is 19.1. The lowest BCUT2D eigenvalue weighted by molar-refractivity contribution is 0.613. The van der Waals surface area contributed by atoms with Crippen molar-refractivity contribution < 1.29 is 4.39 Å². The molecule has 4 nitrogen and oxygen atoms in total. The van der Waals surface area contributed by atoms with Gasteiger partial charge in [-0.1, -0.05) is 0 Å². The number of hydrogen-bond donors (Lipinski definition) is 3. The first kappa shape index (κ1) is 10.5. The summed E-state index contributed by atoms with van der Waals surface area (Å²) in [6.07, 6.45) is 1.20. The molecule has 1 saturated heterocycles. The molecule has 1 aliphatic rings. The van der Waals surface area contributed by atoms with Crippen molar-refractivity contribution in [3.05, 3.63) is 24.0 Å². The highest BCUT2D eigenvalue weighted by Crippen LogP contribution is 2.16. The van der Waals surface area contributed by atoms with Crippen molar-refractivity contribution in [3.63, 3.8) is 0 Å². The fourth-order valence-corrected chi connectivity index (χ4v) is 2.20. The van der Waals surface area contributed by atoms with Gasteiger partial charge in [0.2, 0.25) is 5.95 Å². The minimum absolute atomic E-state index is 0.243. The first-order chi connectivity index (χ1) is 8.31. The quantitative estimate of drug-likeness (QED) is 0.758. The number of rotatable bonds is 3. The van der Waals surface area contributed by atoms with Gasteiger partial charge < -0.3 is 15.6 Å². The molecule has 1 aliphatic heterocycles. The number of nitrogens with one attached hydrogen (secondary N) is 3. The molecule has 3 N–H and O–H groups in total. The number of aromatic nitrogens is 2. The molecule has 2 aromatic rings. The lowest BCUT2D eigenvalue weighted by Gasteiger charge is -2.08. The fourth-order valence-electron chi connectivity index (χ4n) is 2.20. The molecule has 1 fully saturated rings. The number of benzene rings is 1. The summed E-state index contributed by atoms with van der Waals surface area (Å²) in [6.45, 7) is 3.05. The van der Waals surface area contributed by atoms with E-state index in [4.69, 9.17) is 0 Å². The topological polar surface area (TPSA) is 52.7 Å². The first-order valence-corrected chi connectivity index (χ1v) is 5.91. The summed E-state index contributed by atoms with van der Waals surface area (Å²) in [5.41, 5.74) is 1.52. The van der Waals surface area contributed by atoms with Crippen LogP contribution in [0.3, 0.4) is 0 Å². The molecule has 5 heteroatoms. The predicted octanol–water partition coefficient (Wildman–Crippen LogP) is 1.72. The molecule has 0 radical (unpaired) electrons. The molecule has 1 unspecified atom stereocenters. The second kappa shape index (κ2) is 4.33. The van der Waals surface area contributed by atoms with E-state index >= 15 is 0 Å². The van der Waals surface area contributed by atoms with E-state index in [-0.39, 0.29) is 5.82 Å². The average molecular weight is 234 g/mol. The maximum absolute atomic E-state index is 13.0. The van der Waals surface area contributed by atoms with Crippen LogP contribution in [-0.2, 0) is 0 Å². The third-order valence-electron chi connectivity index (χ3n) is 3.16. The maximum atomic E-state index is 13.0. The van der Waals surface area contributed by atoms with Crippen LogP contribution in [0.5, 0.6) is 0 Å². The SMILES string of the molecule is Fc1ccc2nc(NCC3CCNC3)[nH]c2c1. The Morgan fingerprint density at radius 1 is 1.47 bits per heavy atom. The summed E-state index contributed by atoms with van der Waals surface area (Å²) < 4.78 is 13.0. The third kappa shape index (κ3) is 2.24. The Hall–Kier alpha value is -1.62. The van der Waals surface area contributed by atoms with E-state index in [0.717, 1.165) is 36.6 Å². The second-order valence-corrected chi connectivity index (χ2v) is 4.49. The van der Waals surface area contributed by atoms with Gasteiger partial charge >= 0.3 is 0 Å². The number of nitrogens with zero attached hydrogens (tertiary/aromatic N) is 1. The van der Waals surface area contributed by atoms with Gasteiger partial charge in [0, 0.05) is 6.54 Å². The summed E-state index contributed by atoms with van der Waals surface area (Å²) in [4.78, 5) is 7.44. The Bertz CT molecular complexity index is 516. The summed E-state index contributed by atoms with van der Waals surface area (Å²) in [6, 6.07) is 4.57. The molecule has 17 heavy (non-hydrogen) atoms. The van der Waals surface area contributed by atoms with Gasteiger partial charge in [0.25, 0.3) is 0 Å². The zero-order valence-corrected chi connectivity index (χ0v) is 9.46. The molecule has 1 atom stereocenters. The van der Waals surface area contributed by atoms with E-state index in [9.17, 15) is 4.39 Å². The Morgan fingerprint density at radius 3 is 3.24 bits per heavy atom. The van der Waals surface area contributed by atoms with E-state index in [0.29, 0.717) is 5.92 Å². The normalized spacial score (nSPS) is 19.9. The van der Waals surface area contributed by atoms with Crippen molar-refractivity contribution in [3.8, 4) is 0 Å². The molecule has 3 rings (SSSR count). The molecule has 2 heterocycles. The fraction of sp³-hybridized carbons (Fsp3) is 0.417. The molecule has 0 bridgehead atoms. The van der Waals surface area contributed by atoms with Gasteiger partial charge in [0.1, 0.15) is 5.82 Å². The largest absolute Gasteiger partial charge is 0.355 e. The Balaban J connectivity index is 1.72. The van der Waals surface area contributed by atoms with Gasteiger partial charge in [-0.25, -0.2) is 9.37 Å².